The number of amides is 2. The molecule has 0 radical (unpaired) electrons. The average Bonchev–Trinajstić information content (AvgIpc) is 2.97. The number of rotatable bonds is 1. The van der Waals surface area contributed by atoms with Crippen LogP contribution in [0.25, 0.3) is 0 Å². The van der Waals surface area contributed by atoms with E-state index in [0.717, 1.165) is 43.6 Å². The largest absolute Gasteiger partial charge is 0.334 e. The molecule has 5 heteroatoms. The lowest BCUT2D eigenvalue weighted by Crippen LogP contribution is -2.50. The average molecular weight is 301 g/mol. The summed E-state index contributed by atoms with van der Waals surface area (Å²) < 4.78 is 0. The van der Waals surface area contributed by atoms with Gasteiger partial charge >= 0.3 is 11.8 Å². The second kappa shape index (κ2) is 6.08. The number of para-hydroxylation sites is 1. The zero-order valence-electron chi connectivity index (χ0n) is 13.3. The summed E-state index contributed by atoms with van der Waals surface area (Å²) in [6, 6.07) is 8.00. The molecule has 0 bridgehead atoms. The Morgan fingerprint density at radius 1 is 1.14 bits per heavy atom. The van der Waals surface area contributed by atoms with Gasteiger partial charge in [-0.15, -0.1) is 0 Å². The number of likely N-dealkylation sites (N-methyl/N-ethyl adjacent to an activating group) is 1. The number of benzene rings is 1. The number of nitrogens with zero attached hydrogens (tertiary/aromatic N) is 3. The first-order valence-electron chi connectivity index (χ1n) is 7.93. The Morgan fingerprint density at radius 3 is 2.55 bits per heavy atom. The highest BCUT2D eigenvalue weighted by Crippen LogP contribution is 2.28. The van der Waals surface area contributed by atoms with Crippen molar-refractivity contribution in [2.45, 2.75) is 25.3 Å². The number of likely N-dealkylation sites (tertiary alicyclic amines) is 1. The van der Waals surface area contributed by atoms with E-state index in [2.05, 4.69) is 11.9 Å². The third kappa shape index (κ3) is 2.73. The molecule has 2 heterocycles. The molecule has 2 aliphatic rings. The minimum atomic E-state index is -0.397. The predicted molar refractivity (Wildman–Crippen MR) is 85.8 cm³/mol. The van der Waals surface area contributed by atoms with Gasteiger partial charge in [-0.1, -0.05) is 18.2 Å². The van der Waals surface area contributed by atoms with E-state index in [9.17, 15) is 9.59 Å². The van der Waals surface area contributed by atoms with Crippen molar-refractivity contribution in [3.05, 3.63) is 29.8 Å². The molecule has 1 fully saturated rings. The molecule has 0 atom stereocenters. The smallest absolute Gasteiger partial charge is 0.316 e. The molecule has 1 aromatic rings. The molecule has 5 nitrogen and oxygen atoms in total. The fraction of sp³-hybridized carbons (Fsp3) is 0.529. The van der Waals surface area contributed by atoms with Crippen molar-refractivity contribution in [3.8, 4) is 0 Å². The third-order valence-electron chi connectivity index (χ3n) is 4.87. The van der Waals surface area contributed by atoms with E-state index >= 15 is 0 Å². The van der Waals surface area contributed by atoms with Crippen molar-refractivity contribution < 1.29 is 9.59 Å². The van der Waals surface area contributed by atoms with Crippen LogP contribution in [0.5, 0.6) is 0 Å². The van der Waals surface area contributed by atoms with Gasteiger partial charge in [-0.3, -0.25) is 9.59 Å². The Morgan fingerprint density at radius 2 is 1.82 bits per heavy atom. The normalized spacial score (nSPS) is 19.1. The molecule has 1 aromatic carbocycles. The van der Waals surface area contributed by atoms with E-state index in [4.69, 9.17) is 0 Å². The quantitative estimate of drug-likeness (QED) is 0.730. The van der Waals surface area contributed by atoms with Crippen LogP contribution >= 0.6 is 0 Å². The van der Waals surface area contributed by atoms with Crippen molar-refractivity contribution >= 4 is 17.5 Å². The minimum Gasteiger partial charge on any atom is -0.334 e. The SMILES string of the molecule is CN1CCC(N(C)C(=O)C(=O)N2CCc3ccccc32)CC1. The van der Waals surface area contributed by atoms with Crippen LogP contribution in [0.15, 0.2) is 24.3 Å². The van der Waals surface area contributed by atoms with Crippen LogP contribution in [0.1, 0.15) is 18.4 Å². The van der Waals surface area contributed by atoms with E-state index in [0.29, 0.717) is 6.54 Å². The van der Waals surface area contributed by atoms with E-state index in [1.54, 1.807) is 16.8 Å². The van der Waals surface area contributed by atoms with Crippen molar-refractivity contribution in [1.29, 1.82) is 0 Å². The molecule has 2 aliphatic heterocycles. The summed E-state index contributed by atoms with van der Waals surface area (Å²) in [6.45, 7) is 2.55. The number of fused-ring (bicyclic) bond motifs is 1. The van der Waals surface area contributed by atoms with Gasteiger partial charge < -0.3 is 14.7 Å². The Kier molecular flexibility index (Phi) is 4.16. The van der Waals surface area contributed by atoms with Gasteiger partial charge in [0, 0.05) is 25.3 Å². The summed E-state index contributed by atoms with van der Waals surface area (Å²) in [6.07, 6.45) is 2.69. The molecule has 0 saturated carbocycles. The number of piperidine rings is 1. The second-order valence-electron chi connectivity index (χ2n) is 6.29. The lowest BCUT2D eigenvalue weighted by Gasteiger charge is -2.35. The van der Waals surface area contributed by atoms with Crippen LogP contribution in [-0.2, 0) is 16.0 Å². The van der Waals surface area contributed by atoms with E-state index in [1.807, 2.05) is 24.3 Å². The summed E-state index contributed by atoms with van der Waals surface area (Å²) in [5.41, 5.74) is 2.03. The summed E-state index contributed by atoms with van der Waals surface area (Å²) >= 11 is 0. The molecular weight excluding hydrogens is 278 g/mol. The molecule has 118 valence electrons. The van der Waals surface area contributed by atoms with Crippen LogP contribution in [-0.4, -0.2) is 61.4 Å². The van der Waals surface area contributed by atoms with Crippen molar-refractivity contribution in [2.75, 3.05) is 38.6 Å². The van der Waals surface area contributed by atoms with Crippen LogP contribution in [0.3, 0.4) is 0 Å². The zero-order valence-corrected chi connectivity index (χ0v) is 13.3. The van der Waals surface area contributed by atoms with E-state index in [-0.39, 0.29) is 11.9 Å². The Bertz CT molecular complexity index is 579. The molecule has 0 spiro atoms. The molecule has 0 N–H and O–H groups in total. The molecule has 0 aromatic heterocycles. The molecule has 0 unspecified atom stereocenters. The second-order valence-corrected chi connectivity index (χ2v) is 6.29. The van der Waals surface area contributed by atoms with Crippen LogP contribution < -0.4 is 4.90 Å². The molecule has 22 heavy (non-hydrogen) atoms. The maximum atomic E-state index is 12.6. The summed E-state index contributed by atoms with van der Waals surface area (Å²) in [4.78, 5) is 30.7. The first-order valence-corrected chi connectivity index (χ1v) is 7.93. The van der Waals surface area contributed by atoms with Gasteiger partial charge in [0.05, 0.1) is 0 Å². The summed E-state index contributed by atoms with van der Waals surface area (Å²) in [7, 11) is 3.85. The molecular formula is C17H23N3O2. The van der Waals surface area contributed by atoms with Gasteiger partial charge in [0.15, 0.2) is 0 Å². The zero-order chi connectivity index (χ0) is 15.7. The lowest BCUT2D eigenvalue weighted by atomic mass is 10.0. The van der Waals surface area contributed by atoms with Gasteiger partial charge in [-0.2, -0.15) is 0 Å². The highest BCUT2D eigenvalue weighted by atomic mass is 16.2. The van der Waals surface area contributed by atoms with Crippen molar-refractivity contribution in [2.24, 2.45) is 0 Å². The predicted octanol–water partition coefficient (Wildman–Crippen LogP) is 1.13. The van der Waals surface area contributed by atoms with Crippen LogP contribution in [0.2, 0.25) is 0 Å². The first-order chi connectivity index (χ1) is 10.6. The first kappa shape index (κ1) is 15.0. The molecule has 0 aliphatic carbocycles. The fourth-order valence-corrected chi connectivity index (χ4v) is 3.36. The lowest BCUT2D eigenvalue weighted by molar-refractivity contribution is -0.145. The monoisotopic (exact) mass is 301 g/mol. The number of hydrogen-bond donors (Lipinski definition) is 0. The summed E-state index contributed by atoms with van der Waals surface area (Å²) in [5, 5.41) is 0. The molecule has 3 rings (SSSR count). The van der Waals surface area contributed by atoms with Crippen molar-refractivity contribution in [1.82, 2.24) is 9.80 Å². The van der Waals surface area contributed by atoms with Gasteiger partial charge in [0.1, 0.15) is 0 Å². The van der Waals surface area contributed by atoms with Crippen molar-refractivity contribution in [3.63, 3.8) is 0 Å². The summed E-state index contributed by atoms with van der Waals surface area (Å²) in [5.74, 6) is -0.780. The highest BCUT2D eigenvalue weighted by Gasteiger charge is 2.33. The maximum absolute atomic E-state index is 12.6. The number of hydrogen-bond acceptors (Lipinski definition) is 3. The topological polar surface area (TPSA) is 43.9 Å². The standard InChI is InChI=1S/C17H23N3O2/c1-18-10-8-14(9-11-18)19(2)16(21)17(22)20-12-7-13-5-3-4-6-15(13)20/h3-6,14H,7-12H2,1-2H3. The number of carbonyl (C=O) groups is 2. The highest BCUT2D eigenvalue weighted by molar-refractivity contribution is 6.40. The van der Waals surface area contributed by atoms with Gasteiger partial charge in [0.25, 0.3) is 0 Å². The van der Waals surface area contributed by atoms with Gasteiger partial charge in [0.2, 0.25) is 0 Å². The van der Waals surface area contributed by atoms with Gasteiger partial charge in [-0.25, -0.2) is 0 Å². The fourth-order valence-electron chi connectivity index (χ4n) is 3.36. The van der Waals surface area contributed by atoms with Gasteiger partial charge in [-0.05, 0) is 51.0 Å². The number of anilines is 1. The van der Waals surface area contributed by atoms with E-state index in [1.165, 1.54) is 0 Å². The third-order valence-corrected chi connectivity index (χ3v) is 4.87. The Hall–Kier alpha value is -1.88. The maximum Gasteiger partial charge on any atom is 0.316 e. The van der Waals surface area contributed by atoms with Crippen LogP contribution in [0, 0.1) is 0 Å². The number of carbonyl (C=O) groups excluding carboxylic acids is 2. The molecule has 1 saturated heterocycles. The van der Waals surface area contributed by atoms with Crippen LogP contribution in [0.4, 0.5) is 5.69 Å². The van der Waals surface area contributed by atoms with E-state index < -0.39 is 5.91 Å². The molecule has 2 amide bonds. The minimum absolute atomic E-state index is 0.172. The Labute approximate surface area is 131 Å². The Balaban J connectivity index is 1.69.